The fourth-order valence-electron chi connectivity index (χ4n) is 1.95. The van der Waals surface area contributed by atoms with Gasteiger partial charge in [0.05, 0.1) is 11.1 Å². The maximum Gasteiger partial charge on any atom is 0.282 e. The van der Waals surface area contributed by atoms with Crippen molar-refractivity contribution < 1.29 is 9.21 Å². The molecule has 0 bridgehead atoms. The van der Waals surface area contributed by atoms with E-state index in [1.165, 1.54) is 11.3 Å². The van der Waals surface area contributed by atoms with Gasteiger partial charge in [0.2, 0.25) is 5.88 Å². The second-order valence-corrected chi connectivity index (χ2v) is 5.29. The van der Waals surface area contributed by atoms with Crippen LogP contribution in [0.2, 0.25) is 0 Å². The van der Waals surface area contributed by atoms with Gasteiger partial charge in [-0.2, -0.15) is 0 Å². The highest BCUT2D eigenvalue weighted by atomic mass is 32.1. The Balaban J connectivity index is 2.17. The third-order valence-electron chi connectivity index (χ3n) is 2.74. The van der Waals surface area contributed by atoms with Crippen LogP contribution in [0.4, 0.5) is 10.7 Å². The van der Waals surface area contributed by atoms with Crippen LogP contribution in [0.15, 0.2) is 52.6 Å². The van der Waals surface area contributed by atoms with Gasteiger partial charge in [-0.3, -0.25) is 10.1 Å². The number of amides is 1. The summed E-state index contributed by atoms with van der Waals surface area (Å²) in [5.74, 6) is 0.376. The first-order chi connectivity index (χ1) is 9.75. The summed E-state index contributed by atoms with van der Waals surface area (Å²) in [7, 11) is 0. The number of nitrogens with one attached hydrogen (secondary N) is 1. The number of carbonyl (C=O) groups is 1. The molecule has 3 rings (SSSR count). The van der Waals surface area contributed by atoms with Crippen LogP contribution < -0.4 is 5.32 Å². The summed E-state index contributed by atoms with van der Waals surface area (Å²) >= 11 is 5.24. The number of carbonyl (C=O) groups excluding carboxylic acids is 1. The standard InChI is InChI=1S/C14H10N2O2S2/c17-14(19)16-12-11(9-4-2-1-3-5-9)10(8-18-12)13-15-6-7-20-13/h1-8H,(H2,16,17,19). The minimum absolute atomic E-state index is 0.376. The Morgan fingerprint density at radius 2 is 2.10 bits per heavy atom. The molecule has 0 radical (unpaired) electrons. The molecule has 0 aliphatic rings. The van der Waals surface area contributed by atoms with Gasteiger partial charge in [-0.15, -0.1) is 11.3 Å². The second kappa shape index (κ2) is 5.52. The molecule has 1 aromatic carbocycles. The smallest absolute Gasteiger partial charge is 0.282 e. The van der Waals surface area contributed by atoms with E-state index >= 15 is 0 Å². The number of hydrogen-bond acceptors (Lipinski definition) is 4. The first kappa shape index (κ1) is 13.0. The van der Waals surface area contributed by atoms with E-state index in [-0.39, 0.29) is 0 Å². The molecule has 2 heterocycles. The van der Waals surface area contributed by atoms with E-state index in [1.807, 2.05) is 35.7 Å². The van der Waals surface area contributed by atoms with Crippen LogP contribution in [0.3, 0.4) is 0 Å². The molecule has 0 fully saturated rings. The average Bonchev–Trinajstić information content (AvgIpc) is 3.07. The van der Waals surface area contributed by atoms with E-state index < -0.39 is 5.24 Å². The van der Waals surface area contributed by atoms with Crippen LogP contribution >= 0.6 is 24.0 Å². The topological polar surface area (TPSA) is 55.1 Å². The molecule has 1 N–H and O–H groups in total. The lowest BCUT2D eigenvalue weighted by Crippen LogP contribution is -2.01. The maximum absolute atomic E-state index is 11.2. The van der Waals surface area contributed by atoms with Crippen molar-refractivity contribution in [2.75, 3.05) is 5.32 Å². The zero-order chi connectivity index (χ0) is 13.9. The number of hydrogen-bond donors (Lipinski definition) is 2. The molecule has 6 heteroatoms. The van der Waals surface area contributed by atoms with E-state index in [9.17, 15) is 4.79 Å². The minimum Gasteiger partial charge on any atom is -0.447 e. The molecule has 0 unspecified atom stereocenters. The molecule has 0 aliphatic heterocycles. The van der Waals surface area contributed by atoms with Crippen LogP contribution in [0.1, 0.15) is 0 Å². The number of nitrogens with zero attached hydrogens (tertiary/aromatic N) is 1. The van der Waals surface area contributed by atoms with Gasteiger partial charge in [0.25, 0.3) is 5.24 Å². The Labute approximate surface area is 124 Å². The largest absolute Gasteiger partial charge is 0.447 e. The van der Waals surface area contributed by atoms with Crippen LogP contribution in [-0.4, -0.2) is 10.2 Å². The van der Waals surface area contributed by atoms with Crippen molar-refractivity contribution in [3.05, 3.63) is 48.2 Å². The Bertz CT molecular complexity index is 721. The lowest BCUT2D eigenvalue weighted by molar-refractivity contribution is 0.269. The lowest BCUT2D eigenvalue weighted by atomic mass is 10.0. The number of rotatable bonds is 3. The monoisotopic (exact) mass is 302 g/mol. The molecule has 0 saturated carbocycles. The predicted molar refractivity (Wildman–Crippen MR) is 83.3 cm³/mol. The molecule has 0 spiro atoms. The minimum atomic E-state index is -0.470. The molecule has 0 saturated heterocycles. The summed E-state index contributed by atoms with van der Waals surface area (Å²) in [6.45, 7) is 0. The first-order valence-corrected chi connectivity index (χ1v) is 7.15. The van der Waals surface area contributed by atoms with Crippen molar-refractivity contribution in [2.45, 2.75) is 0 Å². The summed E-state index contributed by atoms with van der Waals surface area (Å²) in [5.41, 5.74) is 2.61. The highest BCUT2D eigenvalue weighted by Crippen LogP contribution is 2.40. The van der Waals surface area contributed by atoms with Gasteiger partial charge in [0.15, 0.2) is 0 Å². The Hall–Kier alpha value is -2.05. The number of thiol groups is 1. The summed E-state index contributed by atoms with van der Waals surface area (Å²) < 4.78 is 5.47. The Morgan fingerprint density at radius 1 is 1.30 bits per heavy atom. The van der Waals surface area contributed by atoms with Crippen molar-refractivity contribution in [3.8, 4) is 21.7 Å². The molecule has 0 atom stereocenters. The van der Waals surface area contributed by atoms with Crippen molar-refractivity contribution in [1.82, 2.24) is 4.98 Å². The summed E-state index contributed by atoms with van der Waals surface area (Å²) in [4.78, 5) is 15.5. The fraction of sp³-hybridized carbons (Fsp3) is 0. The Kier molecular flexibility index (Phi) is 3.58. The van der Waals surface area contributed by atoms with Crippen LogP contribution in [-0.2, 0) is 0 Å². The first-order valence-electron chi connectivity index (χ1n) is 5.82. The van der Waals surface area contributed by atoms with Gasteiger partial charge in [-0.1, -0.05) is 43.0 Å². The van der Waals surface area contributed by atoms with Gasteiger partial charge in [-0.05, 0) is 5.56 Å². The molecule has 1 amide bonds. The van der Waals surface area contributed by atoms with E-state index in [4.69, 9.17) is 4.42 Å². The van der Waals surface area contributed by atoms with Crippen molar-refractivity contribution >= 4 is 35.1 Å². The third kappa shape index (κ3) is 2.48. The van der Waals surface area contributed by atoms with E-state index in [2.05, 4.69) is 22.9 Å². The lowest BCUT2D eigenvalue weighted by Gasteiger charge is -2.04. The van der Waals surface area contributed by atoms with E-state index in [0.717, 1.165) is 21.7 Å². The molecule has 20 heavy (non-hydrogen) atoms. The maximum atomic E-state index is 11.2. The summed E-state index contributed by atoms with van der Waals surface area (Å²) in [6, 6.07) is 9.70. The number of anilines is 1. The predicted octanol–water partition coefficient (Wildman–Crippen LogP) is 4.53. The number of benzene rings is 1. The zero-order valence-corrected chi connectivity index (χ0v) is 11.9. The average molecular weight is 302 g/mol. The summed E-state index contributed by atoms with van der Waals surface area (Å²) in [6.07, 6.45) is 3.33. The molecule has 2 aromatic heterocycles. The van der Waals surface area contributed by atoms with Crippen LogP contribution in [0.25, 0.3) is 21.7 Å². The van der Waals surface area contributed by atoms with Gasteiger partial charge >= 0.3 is 0 Å². The van der Waals surface area contributed by atoms with Crippen molar-refractivity contribution in [2.24, 2.45) is 0 Å². The van der Waals surface area contributed by atoms with Crippen molar-refractivity contribution in [3.63, 3.8) is 0 Å². The Morgan fingerprint density at radius 3 is 2.75 bits per heavy atom. The number of aromatic nitrogens is 1. The molecule has 3 aromatic rings. The SMILES string of the molecule is O=C(S)Nc1occ(-c2nccs2)c1-c1ccccc1. The van der Waals surface area contributed by atoms with Crippen LogP contribution in [0.5, 0.6) is 0 Å². The molecular weight excluding hydrogens is 292 g/mol. The number of furan rings is 1. The fourth-order valence-corrected chi connectivity index (χ4v) is 2.70. The molecule has 4 nitrogen and oxygen atoms in total. The van der Waals surface area contributed by atoms with Gasteiger partial charge in [0.1, 0.15) is 11.3 Å². The molecule has 100 valence electrons. The van der Waals surface area contributed by atoms with Crippen LogP contribution in [0, 0.1) is 0 Å². The third-order valence-corrected chi connectivity index (χ3v) is 3.65. The van der Waals surface area contributed by atoms with Crippen molar-refractivity contribution in [1.29, 1.82) is 0 Å². The van der Waals surface area contributed by atoms with Gasteiger partial charge in [0, 0.05) is 11.6 Å². The summed E-state index contributed by atoms with van der Waals surface area (Å²) in [5, 5.41) is 4.86. The van der Waals surface area contributed by atoms with E-state index in [0.29, 0.717) is 5.88 Å². The normalized spacial score (nSPS) is 10.4. The molecular formula is C14H10N2O2S2. The number of thiazole rings is 1. The highest BCUT2D eigenvalue weighted by molar-refractivity contribution is 7.96. The zero-order valence-electron chi connectivity index (χ0n) is 10.2. The van der Waals surface area contributed by atoms with E-state index in [1.54, 1.807) is 12.5 Å². The van der Waals surface area contributed by atoms with Gasteiger partial charge in [-0.25, -0.2) is 4.98 Å². The highest BCUT2D eigenvalue weighted by Gasteiger charge is 2.19. The molecule has 0 aliphatic carbocycles. The quantitative estimate of drug-likeness (QED) is 0.699. The van der Waals surface area contributed by atoms with Gasteiger partial charge < -0.3 is 4.42 Å². The second-order valence-electron chi connectivity index (χ2n) is 3.99.